The van der Waals surface area contributed by atoms with Gasteiger partial charge < -0.3 is 14.5 Å². The molecule has 4 nitrogen and oxygen atoms in total. The molecule has 0 amide bonds. The number of aryl methyl sites for hydroxylation is 1. The van der Waals surface area contributed by atoms with E-state index < -0.39 is 0 Å². The number of hydrogen-bond donors (Lipinski definition) is 1. The summed E-state index contributed by atoms with van der Waals surface area (Å²) in [6, 6.07) is 24.9. The van der Waals surface area contributed by atoms with E-state index in [1.165, 1.54) is 11.3 Å². The van der Waals surface area contributed by atoms with Crippen molar-refractivity contribution in [2.75, 3.05) is 31.1 Å². The van der Waals surface area contributed by atoms with E-state index in [1.54, 1.807) is 4.90 Å². The first kappa shape index (κ1) is 20.2. The van der Waals surface area contributed by atoms with Gasteiger partial charge in [0, 0.05) is 16.8 Å². The van der Waals surface area contributed by atoms with E-state index >= 15 is 0 Å². The van der Waals surface area contributed by atoms with Gasteiger partial charge in [0.1, 0.15) is 23.8 Å². The first-order valence-electron chi connectivity index (χ1n) is 10.6. The topological polar surface area (TPSA) is 34.0 Å². The van der Waals surface area contributed by atoms with Crippen LogP contribution >= 0.6 is 0 Å². The number of piperazine rings is 1. The van der Waals surface area contributed by atoms with Crippen LogP contribution in [0.3, 0.4) is 0 Å². The maximum Gasteiger partial charge on any atom is 0.150 e. The molecule has 3 aromatic rings. The molecule has 4 heteroatoms. The monoisotopic (exact) mass is 401 g/mol. The standard InChI is InChI=1S/C26H28N2O2/c1-20-18-24(11-8-23(20)19-29)28-16-14-27(15-17-28)21(2)22-9-12-26(13-10-22)30-25-6-4-3-5-7-25/h3-13,18-19,21H,14-17H2,1-2H3/p+1/t21-/m0/s1. The zero-order valence-electron chi connectivity index (χ0n) is 17.7. The molecule has 3 aromatic carbocycles. The van der Waals surface area contributed by atoms with E-state index in [0.29, 0.717) is 6.04 Å². The van der Waals surface area contributed by atoms with E-state index in [1.807, 2.05) is 43.3 Å². The Morgan fingerprint density at radius 2 is 1.60 bits per heavy atom. The van der Waals surface area contributed by atoms with Crippen molar-refractivity contribution in [1.82, 2.24) is 0 Å². The Balaban J connectivity index is 1.35. The molecule has 1 aliphatic heterocycles. The average Bonchev–Trinajstić information content (AvgIpc) is 2.80. The number of hydrogen-bond acceptors (Lipinski definition) is 3. The molecule has 0 bridgehead atoms. The predicted octanol–water partition coefficient (Wildman–Crippen LogP) is 4.07. The first-order chi connectivity index (χ1) is 14.6. The average molecular weight is 402 g/mol. The summed E-state index contributed by atoms with van der Waals surface area (Å²) in [7, 11) is 0. The third-order valence-electron chi connectivity index (χ3n) is 6.12. The van der Waals surface area contributed by atoms with E-state index in [2.05, 4.69) is 48.2 Å². The Morgan fingerprint density at radius 3 is 2.23 bits per heavy atom. The van der Waals surface area contributed by atoms with Crippen LogP contribution in [0.1, 0.15) is 34.5 Å². The molecule has 0 unspecified atom stereocenters. The highest BCUT2D eigenvalue weighted by Crippen LogP contribution is 2.23. The van der Waals surface area contributed by atoms with Crippen LogP contribution < -0.4 is 14.5 Å². The van der Waals surface area contributed by atoms with E-state index in [4.69, 9.17) is 4.74 Å². The van der Waals surface area contributed by atoms with Crippen molar-refractivity contribution in [1.29, 1.82) is 0 Å². The van der Waals surface area contributed by atoms with Crippen LogP contribution in [0, 0.1) is 6.92 Å². The number of carbonyl (C=O) groups is 1. The van der Waals surface area contributed by atoms with Gasteiger partial charge in [-0.25, -0.2) is 0 Å². The normalized spacial score (nSPS) is 15.6. The van der Waals surface area contributed by atoms with Gasteiger partial charge in [0.05, 0.1) is 26.2 Å². The van der Waals surface area contributed by atoms with Crippen LogP contribution in [-0.4, -0.2) is 32.5 Å². The summed E-state index contributed by atoms with van der Waals surface area (Å²) in [5, 5.41) is 0. The molecule has 4 rings (SSSR count). The lowest BCUT2D eigenvalue weighted by atomic mass is 10.1. The second kappa shape index (κ2) is 9.14. The van der Waals surface area contributed by atoms with Gasteiger partial charge in [-0.1, -0.05) is 18.2 Å². The number of benzene rings is 3. The van der Waals surface area contributed by atoms with Crippen molar-refractivity contribution < 1.29 is 14.4 Å². The van der Waals surface area contributed by atoms with Gasteiger partial charge in [-0.05, 0) is 74.0 Å². The summed E-state index contributed by atoms with van der Waals surface area (Å²) in [4.78, 5) is 15.1. The van der Waals surface area contributed by atoms with Crippen LogP contribution in [-0.2, 0) is 0 Å². The minimum atomic E-state index is 0.442. The van der Waals surface area contributed by atoms with Crippen molar-refractivity contribution in [3.05, 3.63) is 89.5 Å². The minimum absolute atomic E-state index is 0.442. The van der Waals surface area contributed by atoms with Crippen molar-refractivity contribution in [2.45, 2.75) is 19.9 Å². The lowest BCUT2D eigenvalue weighted by molar-refractivity contribution is -0.930. The van der Waals surface area contributed by atoms with Gasteiger partial charge >= 0.3 is 0 Å². The molecule has 1 saturated heterocycles. The molecule has 1 heterocycles. The Bertz CT molecular complexity index is 978. The Labute approximate surface area is 178 Å². The van der Waals surface area contributed by atoms with Gasteiger partial charge in [-0.15, -0.1) is 0 Å². The fraction of sp³-hybridized carbons (Fsp3) is 0.269. The molecular formula is C26H29N2O2+. The van der Waals surface area contributed by atoms with Gasteiger partial charge in [0.25, 0.3) is 0 Å². The Morgan fingerprint density at radius 1 is 0.933 bits per heavy atom. The van der Waals surface area contributed by atoms with E-state index in [-0.39, 0.29) is 0 Å². The maximum absolute atomic E-state index is 11.1. The molecule has 1 atom stereocenters. The van der Waals surface area contributed by atoms with Crippen LogP contribution in [0.4, 0.5) is 5.69 Å². The number of ether oxygens (including phenoxy) is 1. The molecule has 0 aromatic heterocycles. The molecule has 0 saturated carbocycles. The Kier molecular flexibility index (Phi) is 6.15. The van der Waals surface area contributed by atoms with Crippen molar-refractivity contribution in [3.63, 3.8) is 0 Å². The lowest BCUT2D eigenvalue weighted by Gasteiger charge is -2.36. The maximum atomic E-state index is 11.1. The number of nitrogens with one attached hydrogen (secondary N) is 1. The van der Waals surface area contributed by atoms with Crippen molar-refractivity contribution in [3.8, 4) is 11.5 Å². The molecule has 0 aliphatic carbocycles. The SMILES string of the molecule is Cc1cc(N2CC[NH+]([C@@H](C)c3ccc(Oc4ccccc4)cc3)CC2)ccc1C=O. The smallest absolute Gasteiger partial charge is 0.150 e. The summed E-state index contributed by atoms with van der Waals surface area (Å²) in [6.07, 6.45) is 0.930. The third-order valence-corrected chi connectivity index (χ3v) is 6.12. The highest BCUT2D eigenvalue weighted by molar-refractivity contribution is 5.78. The summed E-state index contributed by atoms with van der Waals surface area (Å²) in [5.41, 5.74) is 4.37. The Hall–Kier alpha value is -3.11. The highest BCUT2D eigenvalue weighted by Gasteiger charge is 2.25. The summed E-state index contributed by atoms with van der Waals surface area (Å²) in [5.74, 6) is 1.72. The quantitative estimate of drug-likeness (QED) is 0.633. The van der Waals surface area contributed by atoms with Crippen molar-refractivity contribution in [2.24, 2.45) is 0 Å². The number of nitrogens with zero attached hydrogens (tertiary/aromatic N) is 1. The van der Waals surface area contributed by atoms with Crippen molar-refractivity contribution >= 4 is 12.0 Å². The molecule has 30 heavy (non-hydrogen) atoms. The van der Waals surface area contributed by atoms with E-state index in [9.17, 15) is 4.79 Å². The second-order valence-electron chi connectivity index (χ2n) is 8.01. The molecule has 0 spiro atoms. The number of anilines is 1. The molecular weight excluding hydrogens is 372 g/mol. The van der Waals surface area contributed by atoms with E-state index in [0.717, 1.165) is 55.1 Å². The largest absolute Gasteiger partial charge is 0.457 e. The molecule has 1 aliphatic rings. The number of para-hydroxylation sites is 1. The van der Waals surface area contributed by atoms with Gasteiger partial charge in [0.15, 0.2) is 0 Å². The first-order valence-corrected chi connectivity index (χ1v) is 10.6. The van der Waals surface area contributed by atoms with Crippen LogP contribution in [0.15, 0.2) is 72.8 Å². The molecule has 154 valence electrons. The predicted molar refractivity (Wildman–Crippen MR) is 121 cm³/mol. The fourth-order valence-electron chi connectivity index (χ4n) is 4.16. The van der Waals surface area contributed by atoms with Gasteiger partial charge in [0.2, 0.25) is 0 Å². The molecule has 1 N–H and O–H groups in total. The lowest BCUT2D eigenvalue weighted by Crippen LogP contribution is -3.14. The molecule has 1 fully saturated rings. The zero-order chi connectivity index (χ0) is 20.9. The number of rotatable bonds is 6. The van der Waals surface area contributed by atoms with Crippen LogP contribution in [0.2, 0.25) is 0 Å². The third kappa shape index (κ3) is 4.55. The fourth-order valence-corrected chi connectivity index (χ4v) is 4.16. The zero-order valence-corrected chi connectivity index (χ0v) is 17.7. The number of aldehydes is 1. The van der Waals surface area contributed by atoms with Gasteiger partial charge in [-0.2, -0.15) is 0 Å². The van der Waals surface area contributed by atoms with Crippen LogP contribution in [0.5, 0.6) is 11.5 Å². The number of carbonyl (C=O) groups excluding carboxylic acids is 1. The molecule has 0 radical (unpaired) electrons. The summed E-state index contributed by atoms with van der Waals surface area (Å²) in [6.45, 7) is 8.54. The van der Waals surface area contributed by atoms with Gasteiger partial charge in [-0.3, -0.25) is 4.79 Å². The summed E-state index contributed by atoms with van der Waals surface area (Å²) < 4.78 is 5.91. The minimum Gasteiger partial charge on any atom is -0.457 e. The highest BCUT2D eigenvalue weighted by atomic mass is 16.5. The van der Waals surface area contributed by atoms with Crippen LogP contribution in [0.25, 0.3) is 0 Å². The second-order valence-corrected chi connectivity index (χ2v) is 8.01. The number of quaternary nitrogens is 1. The summed E-state index contributed by atoms with van der Waals surface area (Å²) >= 11 is 0.